The van der Waals surface area contributed by atoms with Crippen molar-refractivity contribution in [1.29, 1.82) is 0 Å². The van der Waals surface area contributed by atoms with E-state index >= 15 is 0 Å². The Morgan fingerprint density at radius 1 is 0.852 bits per heavy atom. The summed E-state index contributed by atoms with van der Waals surface area (Å²) < 4.78 is 5.91. The predicted octanol–water partition coefficient (Wildman–Crippen LogP) is 6.78. The topological polar surface area (TPSA) is 21.6 Å². The second kappa shape index (κ2) is 9.18. The molecular formula is C25H27NO. The van der Waals surface area contributed by atoms with Crippen LogP contribution < -0.4 is 4.74 Å². The highest BCUT2D eigenvalue weighted by atomic mass is 16.5. The zero-order valence-electron chi connectivity index (χ0n) is 16.4. The largest absolute Gasteiger partial charge is 0.457 e. The summed E-state index contributed by atoms with van der Waals surface area (Å²) in [4.78, 5) is 4.80. The zero-order chi connectivity index (χ0) is 19.1. The van der Waals surface area contributed by atoms with Gasteiger partial charge in [-0.3, -0.25) is 4.99 Å². The molecule has 2 nitrogen and oxygen atoms in total. The van der Waals surface area contributed by atoms with E-state index in [2.05, 4.69) is 45.0 Å². The van der Waals surface area contributed by atoms with Crippen LogP contribution in [0.2, 0.25) is 0 Å². The fourth-order valence-electron chi connectivity index (χ4n) is 3.15. The summed E-state index contributed by atoms with van der Waals surface area (Å²) in [6.07, 6.45) is 4.04. The Bertz CT molecular complexity index is 899. The third-order valence-electron chi connectivity index (χ3n) is 4.73. The second-order valence-corrected chi connectivity index (χ2v) is 6.68. The monoisotopic (exact) mass is 357 g/mol. The average molecular weight is 357 g/mol. The van der Waals surface area contributed by atoms with E-state index in [-0.39, 0.29) is 6.04 Å². The fraction of sp³-hybridized carbons (Fsp3) is 0.240. The van der Waals surface area contributed by atoms with Crippen LogP contribution in [0.5, 0.6) is 11.5 Å². The molecule has 0 heterocycles. The zero-order valence-corrected chi connectivity index (χ0v) is 16.4. The number of hydrogen-bond acceptors (Lipinski definition) is 2. The molecule has 0 fully saturated rings. The number of nitrogens with zero attached hydrogens (tertiary/aromatic N) is 1. The van der Waals surface area contributed by atoms with Gasteiger partial charge in [-0.2, -0.15) is 0 Å². The van der Waals surface area contributed by atoms with Crippen LogP contribution in [0.1, 0.15) is 49.1 Å². The number of rotatable bonds is 7. The molecular weight excluding hydrogens is 330 g/mol. The molecule has 138 valence electrons. The van der Waals surface area contributed by atoms with Crippen molar-refractivity contribution in [2.45, 2.75) is 39.7 Å². The molecule has 0 saturated heterocycles. The Kier molecular flexibility index (Phi) is 6.43. The molecule has 0 amide bonds. The van der Waals surface area contributed by atoms with E-state index in [4.69, 9.17) is 9.73 Å². The Morgan fingerprint density at radius 2 is 1.63 bits per heavy atom. The van der Waals surface area contributed by atoms with Gasteiger partial charge in [0.15, 0.2) is 0 Å². The van der Waals surface area contributed by atoms with Gasteiger partial charge < -0.3 is 4.74 Å². The Hall–Kier alpha value is -2.87. The first kappa shape index (κ1) is 18.9. The van der Waals surface area contributed by atoms with Crippen molar-refractivity contribution < 1.29 is 4.74 Å². The molecule has 3 aromatic rings. The molecule has 0 aliphatic carbocycles. The quantitative estimate of drug-likeness (QED) is 0.427. The SMILES string of the molecule is CCc1ccc(C(C)N=Cc2cccc(Oc3ccccc3)c2)c(CC)c1. The third-order valence-corrected chi connectivity index (χ3v) is 4.73. The highest BCUT2D eigenvalue weighted by Gasteiger charge is 2.08. The van der Waals surface area contributed by atoms with Gasteiger partial charge >= 0.3 is 0 Å². The van der Waals surface area contributed by atoms with Gasteiger partial charge in [0.05, 0.1) is 6.04 Å². The molecule has 0 aromatic heterocycles. The Labute approximate surface area is 162 Å². The molecule has 0 saturated carbocycles. The van der Waals surface area contributed by atoms with Crippen molar-refractivity contribution >= 4 is 6.21 Å². The number of ether oxygens (including phenoxy) is 1. The summed E-state index contributed by atoms with van der Waals surface area (Å²) in [5.74, 6) is 1.66. The molecule has 1 atom stereocenters. The van der Waals surface area contributed by atoms with Crippen LogP contribution in [0.15, 0.2) is 77.8 Å². The van der Waals surface area contributed by atoms with Crippen LogP contribution in [-0.4, -0.2) is 6.21 Å². The average Bonchev–Trinajstić information content (AvgIpc) is 2.72. The van der Waals surface area contributed by atoms with E-state index < -0.39 is 0 Å². The minimum absolute atomic E-state index is 0.129. The van der Waals surface area contributed by atoms with Crippen molar-refractivity contribution in [3.8, 4) is 11.5 Å². The van der Waals surface area contributed by atoms with Crippen LogP contribution in [0.25, 0.3) is 0 Å². The molecule has 3 aromatic carbocycles. The fourth-order valence-corrected chi connectivity index (χ4v) is 3.15. The molecule has 0 aliphatic rings. The molecule has 1 unspecified atom stereocenters. The maximum absolute atomic E-state index is 5.91. The van der Waals surface area contributed by atoms with Gasteiger partial charge in [0.1, 0.15) is 11.5 Å². The summed E-state index contributed by atoms with van der Waals surface area (Å²) in [5.41, 5.74) is 5.12. The second-order valence-electron chi connectivity index (χ2n) is 6.68. The van der Waals surface area contributed by atoms with E-state index in [1.165, 1.54) is 16.7 Å². The summed E-state index contributed by atoms with van der Waals surface area (Å²) in [7, 11) is 0. The first-order chi connectivity index (χ1) is 13.2. The minimum atomic E-state index is 0.129. The lowest BCUT2D eigenvalue weighted by Crippen LogP contribution is -1.99. The smallest absolute Gasteiger partial charge is 0.128 e. The number of aryl methyl sites for hydroxylation is 2. The molecule has 0 spiro atoms. The van der Waals surface area contributed by atoms with Gasteiger partial charge in [-0.1, -0.05) is 62.4 Å². The number of hydrogen-bond donors (Lipinski definition) is 0. The molecule has 0 bridgehead atoms. The molecule has 27 heavy (non-hydrogen) atoms. The lowest BCUT2D eigenvalue weighted by atomic mass is 9.96. The maximum Gasteiger partial charge on any atom is 0.128 e. The Morgan fingerprint density at radius 3 is 2.37 bits per heavy atom. The van der Waals surface area contributed by atoms with E-state index in [0.717, 1.165) is 29.9 Å². The van der Waals surface area contributed by atoms with Gasteiger partial charge in [0.2, 0.25) is 0 Å². The van der Waals surface area contributed by atoms with Crippen molar-refractivity contribution in [2.24, 2.45) is 4.99 Å². The maximum atomic E-state index is 5.91. The molecule has 2 heteroatoms. The van der Waals surface area contributed by atoms with E-state index in [9.17, 15) is 0 Å². The van der Waals surface area contributed by atoms with Crippen LogP contribution in [0.3, 0.4) is 0 Å². The molecule has 3 rings (SSSR count). The van der Waals surface area contributed by atoms with E-state index in [1.807, 2.05) is 54.7 Å². The highest BCUT2D eigenvalue weighted by Crippen LogP contribution is 2.24. The lowest BCUT2D eigenvalue weighted by molar-refractivity contribution is 0.482. The molecule has 0 N–H and O–H groups in total. The van der Waals surface area contributed by atoms with Crippen LogP contribution in [-0.2, 0) is 12.8 Å². The lowest BCUT2D eigenvalue weighted by Gasteiger charge is -2.13. The van der Waals surface area contributed by atoms with Gasteiger partial charge in [-0.25, -0.2) is 0 Å². The summed E-state index contributed by atoms with van der Waals surface area (Å²) in [6.45, 7) is 6.56. The summed E-state index contributed by atoms with van der Waals surface area (Å²) in [5, 5.41) is 0. The van der Waals surface area contributed by atoms with Crippen molar-refractivity contribution in [2.75, 3.05) is 0 Å². The normalized spacial score (nSPS) is 12.3. The first-order valence-electron chi connectivity index (χ1n) is 9.67. The Balaban J connectivity index is 1.75. The number of aliphatic imine (C=N–C) groups is 1. The van der Waals surface area contributed by atoms with Gasteiger partial charge in [0.25, 0.3) is 0 Å². The van der Waals surface area contributed by atoms with Gasteiger partial charge in [-0.15, -0.1) is 0 Å². The third kappa shape index (κ3) is 5.07. The number of benzene rings is 3. The van der Waals surface area contributed by atoms with Crippen LogP contribution in [0.4, 0.5) is 0 Å². The van der Waals surface area contributed by atoms with Crippen LogP contribution >= 0.6 is 0 Å². The highest BCUT2D eigenvalue weighted by molar-refractivity contribution is 5.80. The summed E-state index contributed by atoms with van der Waals surface area (Å²) in [6, 6.07) is 24.8. The van der Waals surface area contributed by atoms with Crippen LogP contribution in [0, 0.1) is 0 Å². The van der Waals surface area contributed by atoms with E-state index in [0.29, 0.717) is 0 Å². The summed E-state index contributed by atoms with van der Waals surface area (Å²) >= 11 is 0. The minimum Gasteiger partial charge on any atom is -0.457 e. The first-order valence-corrected chi connectivity index (χ1v) is 9.67. The van der Waals surface area contributed by atoms with Crippen molar-refractivity contribution in [3.63, 3.8) is 0 Å². The van der Waals surface area contributed by atoms with Crippen molar-refractivity contribution in [1.82, 2.24) is 0 Å². The van der Waals surface area contributed by atoms with Gasteiger partial charge in [0, 0.05) is 6.21 Å². The van der Waals surface area contributed by atoms with Crippen molar-refractivity contribution in [3.05, 3.63) is 95.1 Å². The van der Waals surface area contributed by atoms with Gasteiger partial charge in [-0.05, 0) is 66.3 Å². The standard InChI is InChI=1S/C25H27NO/c1-4-20-14-15-25(22(5-2)16-20)19(3)26-18-21-10-9-13-24(17-21)27-23-11-7-6-8-12-23/h6-19H,4-5H2,1-3H3. The van der Waals surface area contributed by atoms with E-state index in [1.54, 1.807) is 0 Å². The molecule has 0 radical (unpaired) electrons. The predicted molar refractivity (Wildman–Crippen MR) is 114 cm³/mol. The number of para-hydroxylation sites is 1. The molecule has 0 aliphatic heterocycles.